The van der Waals surface area contributed by atoms with E-state index in [-0.39, 0.29) is 0 Å². The highest BCUT2D eigenvalue weighted by molar-refractivity contribution is 5.96. The number of benzene rings is 7. The van der Waals surface area contributed by atoms with Crippen molar-refractivity contribution in [2.45, 2.75) is 5.41 Å². The monoisotopic (exact) mass is 599 g/mol. The van der Waals surface area contributed by atoms with Gasteiger partial charge in [-0.25, -0.2) is 4.98 Å². The summed E-state index contributed by atoms with van der Waals surface area (Å²) in [7, 11) is 0. The molecule has 1 aromatic heterocycles. The lowest BCUT2D eigenvalue weighted by molar-refractivity contribution is 0.751. The minimum Gasteiger partial charge on any atom is -0.310 e. The number of hydrogen-bond acceptors (Lipinski definition) is 2. The van der Waals surface area contributed by atoms with Gasteiger partial charge in [0.15, 0.2) is 0 Å². The molecule has 10 rings (SSSR count). The third-order valence-electron chi connectivity index (χ3n) is 9.99. The quantitative estimate of drug-likeness (QED) is 0.201. The van der Waals surface area contributed by atoms with Gasteiger partial charge < -0.3 is 4.90 Å². The molecule has 0 radical (unpaired) electrons. The van der Waals surface area contributed by atoms with E-state index < -0.39 is 5.41 Å². The molecule has 1 aliphatic heterocycles. The number of anilines is 3. The minimum absolute atomic E-state index is 0.510. The highest BCUT2D eigenvalue weighted by atomic mass is 15.2. The molecule has 7 aromatic carbocycles. The normalized spacial score (nSPS) is 13.7. The van der Waals surface area contributed by atoms with Crippen LogP contribution in [-0.2, 0) is 5.41 Å². The molecule has 47 heavy (non-hydrogen) atoms. The van der Waals surface area contributed by atoms with Crippen LogP contribution in [0.4, 0.5) is 17.1 Å². The third kappa shape index (κ3) is 3.54. The Balaban J connectivity index is 1.31. The molecule has 0 fully saturated rings. The third-order valence-corrected chi connectivity index (χ3v) is 9.99. The average molecular weight is 600 g/mol. The average Bonchev–Trinajstić information content (AvgIpc) is 3.67. The predicted molar refractivity (Wildman–Crippen MR) is 192 cm³/mol. The first-order valence-electron chi connectivity index (χ1n) is 16.2. The van der Waals surface area contributed by atoms with Crippen molar-refractivity contribution in [3.63, 3.8) is 0 Å². The molecule has 3 nitrogen and oxygen atoms in total. The lowest BCUT2D eigenvalue weighted by Gasteiger charge is -2.45. The van der Waals surface area contributed by atoms with Gasteiger partial charge >= 0.3 is 0 Å². The maximum Gasteiger partial charge on any atom is 0.145 e. The van der Waals surface area contributed by atoms with E-state index in [9.17, 15) is 0 Å². The summed E-state index contributed by atoms with van der Waals surface area (Å²) >= 11 is 0. The number of imidazole rings is 1. The molecule has 1 spiro atoms. The van der Waals surface area contributed by atoms with Gasteiger partial charge in [0.2, 0.25) is 0 Å². The molecular formula is C44H29N3. The molecule has 0 saturated heterocycles. The van der Waals surface area contributed by atoms with E-state index in [2.05, 4.69) is 185 Å². The summed E-state index contributed by atoms with van der Waals surface area (Å²) in [4.78, 5) is 7.60. The highest BCUT2D eigenvalue weighted by Gasteiger charge is 2.51. The molecule has 2 aliphatic rings. The fourth-order valence-electron chi connectivity index (χ4n) is 8.16. The summed E-state index contributed by atoms with van der Waals surface area (Å²) in [6.45, 7) is 0. The highest BCUT2D eigenvalue weighted by Crippen LogP contribution is 2.63. The van der Waals surface area contributed by atoms with Crippen LogP contribution >= 0.6 is 0 Å². The Morgan fingerprint density at radius 3 is 1.74 bits per heavy atom. The first kappa shape index (κ1) is 26.1. The van der Waals surface area contributed by atoms with Crippen molar-refractivity contribution >= 4 is 28.1 Å². The molecule has 220 valence electrons. The zero-order valence-corrected chi connectivity index (χ0v) is 25.6. The summed E-state index contributed by atoms with van der Waals surface area (Å²) < 4.78 is 2.33. The number of fused-ring (bicyclic) bond motifs is 10. The first-order valence-corrected chi connectivity index (χ1v) is 16.2. The fraction of sp³-hybridized carbons (Fsp3) is 0.0227. The van der Waals surface area contributed by atoms with E-state index in [0.29, 0.717) is 0 Å². The molecule has 0 atom stereocenters. The summed E-state index contributed by atoms with van der Waals surface area (Å²) in [5, 5.41) is 0. The van der Waals surface area contributed by atoms with Crippen molar-refractivity contribution in [1.29, 1.82) is 0 Å². The van der Waals surface area contributed by atoms with Gasteiger partial charge in [-0.05, 0) is 81.9 Å². The molecule has 0 unspecified atom stereocenters. The van der Waals surface area contributed by atoms with Crippen molar-refractivity contribution in [2.24, 2.45) is 0 Å². The van der Waals surface area contributed by atoms with Crippen LogP contribution in [0.25, 0.3) is 39.2 Å². The molecule has 0 amide bonds. The maximum absolute atomic E-state index is 5.17. The van der Waals surface area contributed by atoms with Crippen LogP contribution < -0.4 is 4.90 Å². The van der Waals surface area contributed by atoms with E-state index in [1.807, 2.05) is 0 Å². The van der Waals surface area contributed by atoms with Crippen LogP contribution in [0, 0.1) is 0 Å². The van der Waals surface area contributed by atoms with E-state index in [0.717, 1.165) is 33.8 Å². The number of aromatic nitrogens is 2. The maximum atomic E-state index is 5.17. The van der Waals surface area contributed by atoms with Crippen LogP contribution in [-0.4, -0.2) is 9.55 Å². The Hall–Kier alpha value is -6.19. The van der Waals surface area contributed by atoms with E-state index in [1.54, 1.807) is 0 Å². The molecule has 0 saturated carbocycles. The van der Waals surface area contributed by atoms with Gasteiger partial charge in [0.05, 0.1) is 27.8 Å². The molecule has 3 heteroatoms. The lowest BCUT2D eigenvalue weighted by Crippen LogP contribution is -2.36. The minimum atomic E-state index is -0.510. The molecule has 0 bridgehead atoms. The Morgan fingerprint density at radius 2 is 1.00 bits per heavy atom. The Morgan fingerprint density at radius 1 is 0.426 bits per heavy atom. The largest absolute Gasteiger partial charge is 0.310 e. The second-order valence-electron chi connectivity index (χ2n) is 12.4. The van der Waals surface area contributed by atoms with Crippen LogP contribution in [0.2, 0.25) is 0 Å². The summed E-state index contributed by atoms with van der Waals surface area (Å²) in [6, 6.07) is 63.7. The Labute approximate surface area is 273 Å². The van der Waals surface area contributed by atoms with Crippen molar-refractivity contribution in [3.05, 3.63) is 198 Å². The van der Waals surface area contributed by atoms with E-state index in [4.69, 9.17) is 4.98 Å². The summed E-state index contributed by atoms with van der Waals surface area (Å²) in [5.74, 6) is 0.941. The van der Waals surface area contributed by atoms with Crippen molar-refractivity contribution in [2.75, 3.05) is 4.90 Å². The molecular weight excluding hydrogens is 571 g/mol. The fourth-order valence-corrected chi connectivity index (χ4v) is 8.16. The number of nitrogens with zero attached hydrogens (tertiary/aromatic N) is 3. The SMILES string of the molecule is c1ccc(-c2nc3ccccc3n2-c2ccc3c(c2)C2(c4ccccc4-3)c3ccccc3N(c3ccccc3)c3ccccc32)cc1. The van der Waals surface area contributed by atoms with Crippen LogP contribution in [0.5, 0.6) is 0 Å². The van der Waals surface area contributed by atoms with Crippen molar-refractivity contribution in [3.8, 4) is 28.2 Å². The number of hydrogen-bond donors (Lipinski definition) is 0. The van der Waals surface area contributed by atoms with Gasteiger partial charge in [0.25, 0.3) is 0 Å². The van der Waals surface area contributed by atoms with Gasteiger partial charge in [0, 0.05) is 16.9 Å². The predicted octanol–water partition coefficient (Wildman–Crippen LogP) is 10.8. The van der Waals surface area contributed by atoms with E-state index >= 15 is 0 Å². The number of para-hydroxylation sites is 5. The zero-order chi connectivity index (χ0) is 31.0. The summed E-state index contributed by atoms with van der Waals surface area (Å²) in [5.41, 5.74) is 15.0. The van der Waals surface area contributed by atoms with Crippen LogP contribution in [0.3, 0.4) is 0 Å². The molecule has 1 aliphatic carbocycles. The first-order chi connectivity index (χ1) is 23.3. The van der Waals surface area contributed by atoms with Crippen molar-refractivity contribution < 1.29 is 0 Å². The second-order valence-corrected chi connectivity index (χ2v) is 12.4. The lowest BCUT2D eigenvalue weighted by atomic mass is 9.64. The standard InChI is InChI=1S/C44H29N3/c1-3-15-30(16-4-1)43-45-39-23-11-14-26-42(39)47(43)32-27-28-34-33-19-7-8-20-35(33)44(38(34)29-32)36-21-9-12-24-40(36)46(31-17-5-2-6-18-31)41-25-13-10-22-37(41)44/h1-29H. The Bertz CT molecular complexity index is 2430. The second kappa shape index (κ2) is 9.90. The number of rotatable bonds is 3. The van der Waals surface area contributed by atoms with E-state index in [1.165, 1.54) is 44.8 Å². The Kier molecular flexibility index (Phi) is 5.49. The van der Waals surface area contributed by atoms with Crippen LogP contribution in [0.15, 0.2) is 176 Å². The van der Waals surface area contributed by atoms with Gasteiger partial charge in [-0.15, -0.1) is 0 Å². The van der Waals surface area contributed by atoms with Gasteiger partial charge in [0.1, 0.15) is 5.82 Å². The molecule has 0 N–H and O–H groups in total. The zero-order valence-electron chi connectivity index (χ0n) is 25.6. The topological polar surface area (TPSA) is 21.1 Å². The van der Waals surface area contributed by atoms with Gasteiger partial charge in [-0.1, -0.05) is 127 Å². The summed E-state index contributed by atoms with van der Waals surface area (Å²) in [6.07, 6.45) is 0. The smallest absolute Gasteiger partial charge is 0.145 e. The van der Waals surface area contributed by atoms with Crippen molar-refractivity contribution in [1.82, 2.24) is 9.55 Å². The molecule has 2 heterocycles. The molecule has 8 aromatic rings. The van der Waals surface area contributed by atoms with Crippen LogP contribution in [0.1, 0.15) is 22.3 Å². The van der Waals surface area contributed by atoms with Gasteiger partial charge in [-0.2, -0.15) is 0 Å². The van der Waals surface area contributed by atoms with Gasteiger partial charge in [-0.3, -0.25) is 4.57 Å².